The molecule has 19 heavy (non-hydrogen) atoms. The van der Waals surface area contributed by atoms with E-state index in [4.69, 9.17) is 11.6 Å². The second-order valence-electron chi connectivity index (χ2n) is 6.33. The van der Waals surface area contributed by atoms with Crippen molar-refractivity contribution in [3.63, 3.8) is 0 Å². The number of hydrogen-bond donors (Lipinski definition) is 1. The van der Waals surface area contributed by atoms with Crippen LogP contribution in [0, 0.1) is 5.92 Å². The van der Waals surface area contributed by atoms with E-state index >= 15 is 0 Å². The number of rotatable bonds is 4. The van der Waals surface area contributed by atoms with Gasteiger partial charge in [-0.25, -0.2) is 0 Å². The van der Waals surface area contributed by atoms with E-state index in [0.717, 1.165) is 10.9 Å². The smallest absolute Gasteiger partial charge is 0.0434 e. The topological polar surface area (TPSA) is 12.0 Å². The zero-order valence-electron chi connectivity index (χ0n) is 11.6. The molecule has 2 heteroatoms. The van der Waals surface area contributed by atoms with Crippen molar-refractivity contribution in [3.8, 4) is 0 Å². The van der Waals surface area contributed by atoms with Crippen molar-refractivity contribution in [1.82, 2.24) is 5.32 Å². The van der Waals surface area contributed by atoms with Crippen molar-refractivity contribution in [2.75, 3.05) is 6.54 Å². The summed E-state index contributed by atoms with van der Waals surface area (Å²) >= 11 is 6.00. The molecule has 1 aromatic carbocycles. The van der Waals surface area contributed by atoms with Crippen molar-refractivity contribution in [3.05, 3.63) is 34.9 Å². The molecule has 0 spiro atoms. The third-order valence-corrected chi connectivity index (χ3v) is 5.31. The van der Waals surface area contributed by atoms with Crippen molar-refractivity contribution in [2.45, 2.75) is 56.9 Å². The summed E-state index contributed by atoms with van der Waals surface area (Å²) in [5, 5.41) is 4.73. The maximum absolute atomic E-state index is 6.00. The summed E-state index contributed by atoms with van der Waals surface area (Å²) in [6.45, 7) is 1.20. The Morgan fingerprint density at radius 3 is 2.26 bits per heavy atom. The largest absolute Gasteiger partial charge is 0.307 e. The molecular weight excluding hydrogens is 254 g/mol. The zero-order valence-corrected chi connectivity index (χ0v) is 12.4. The summed E-state index contributed by atoms with van der Waals surface area (Å²) in [5.74, 6) is 0.901. The van der Waals surface area contributed by atoms with Gasteiger partial charge in [0.15, 0.2) is 0 Å². The van der Waals surface area contributed by atoms with Crippen LogP contribution in [0.15, 0.2) is 24.3 Å². The minimum Gasteiger partial charge on any atom is -0.307 e. The molecule has 0 bridgehead atoms. The van der Waals surface area contributed by atoms with Crippen molar-refractivity contribution >= 4 is 11.6 Å². The van der Waals surface area contributed by atoms with Crippen molar-refractivity contribution < 1.29 is 0 Å². The predicted octanol–water partition coefficient (Wildman–Crippen LogP) is 4.89. The summed E-state index contributed by atoms with van der Waals surface area (Å²) in [5.41, 5.74) is 1.68. The summed E-state index contributed by atoms with van der Waals surface area (Å²) in [7, 11) is 0. The van der Waals surface area contributed by atoms with Crippen LogP contribution in [0.2, 0.25) is 5.02 Å². The van der Waals surface area contributed by atoms with Crippen molar-refractivity contribution in [2.24, 2.45) is 5.92 Å². The molecule has 1 nitrogen and oxygen atoms in total. The van der Waals surface area contributed by atoms with Crippen LogP contribution in [-0.4, -0.2) is 6.54 Å². The first kappa shape index (κ1) is 13.5. The average Bonchev–Trinajstić information content (AvgIpc) is 2.41. The Hall–Kier alpha value is -0.530. The van der Waals surface area contributed by atoms with Gasteiger partial charge in [-0.1, -0.05) is 43.0 Å². The quantitative estimate of drug-likeness (QED) is 0.826. The number of hydrogen-bond acceptors (Lipinski definition) is 1. The average molecular weight is 278 g/mol. The van der Waals surface area contributed by atoms with E-state index in [2.05, 4.69) is 17.4 Å². The molecule has 2 aliphatic carbocycles. The first-order valence-corrected chi connectivity index (χ1v) is 8.17. The highest BCUT2D eigenvalue weighted by atomic mass is 35.5. The Bertz CT molecular complexity index is 402. The predicted molar refractivity (Wildman–Crippen MR) is 81.6 cm³/mol. The zero-order chi connectivity index (χ0) is 13.1. The normalized spacial score (nSPS) is 23.0. The van der Waals surface area contributed by atoms with Gasteiger partial charge in [-0.2, -0.15) is 0 Å². The second kappa shape index (κ2) is 5.85. The van der Waals surface area contributed by atoms with Gasteiger partial charge in [0.25, 0.3) is 0 Å². The van der Waals surface area contributed by atoms with Crippen LogP contribution in [-0.2, 0) is 5.54 Å². The van der Waals surface area contributed by atoms with Gasteiger partial charge in [-0.05, 0) is 62.3 Å². The van der Waals surface area contributed by atoms with E-state index in [9.17, 15) is 0 Å². The van der Waals surface area contributed by atoms with Crippen LogP contribution in [0.4, 0.5) is 0 Å². The monoisotopic (exact) mass is 277 g/mol. The minimum absolute atomic E-state index is 0.252. The highest BCUT2D eigenvalue weighted by Crippen LogP contribution is 2.42. The Morgan fingerprint density at radius 2 is 1.68 bits per heavy atom. The molecule has 2 fully saturated rings. The first-order valence-electron chi connectivity index (χ1n) is 7.80. The maximum atomic E-state index is 6.00. The van der Waals surface area contributed by atoms with Crippen LogP contribution in [0.1, 0.15) is 56.9 Å². The van der Waals surface area contributed by atoms with Gasteiger partial charge in [-0.3, -0.25) is 0 Å². The summed E-state index contributed by atoms with van der Waals surface area (Å²) in [6.07, 6.45) is 11.1. The van der Waals surface area contributed by atoms with Crippen LogP contribution in [0.25, 0.3) is 0 Å². The van der Waals surface area contributed by atoms with Crippen LogP contribution >= 0.6 is 11.6 Å². The molecular formula is C17H24ClN. The molecule has 1 N–H and O–H groups in total. The molecule has 0 atom stereocenters. The van der Waals surface area contributed by atoms with Gasteiger partial charge < -0.3 is 5.32 Å². The lowest BCUT2D eigenvalue weighted by atomic mass is 9.71. The van der Waals surface area contributed by atoms with Crippen LogP contribution < -0.4 is 5.32 Å². The minimum atomic E-state index is 0.252. The SMILES string of the molecule is Clc1ccc(C2(NCC3CCCCC3)CCC2)cc1. The van der Waals surface area contributed by atoms with Crippen LogP contribution in [0.5, 0.6) is 0 Å². The molecule has 1 aromatic rings. The van der Waals surface area contributed by atoms with Gasteiger partial charge in [0.1, 0.15) is 0 Å². The fraction of sp³-hybridized carbons (Fsp3) is 0.647. The fourth-order valence-electron chi connectivity index (χ4n) is 3.60. The molecule has 0 aromatic heterocycles. The molecule has 3 rings (SSSR count). The van der Waals surface area contributed by atoms with Gasteiger partial charge in [0, 0.05) is 10.6 Å². The Morgan fingerprint density at radius 1 is 1.00 bits per heavy atom. The van der Waals surface area contributed by atoms with E-state index in [1.807, 2.05) is 12.1 Å². The molecule has 104 valence electrons. The molecule has 0 heterocycles. The molecule has 0 amide bonds. The molecule has 0 aliphatic heterocycles. The summed E-state index contributed by atoms with van der Waals surface area (Å²) in [6, 6.07) is 8.46. The maximum Gasteiger partial charge on any atom is 0.0434 e. The summed E-state index contributed by atoms with van der Waals surface area (Å²) < 4.78 is 0. The van der Waals surface area contributed by atoms with E-state index in [0.29, 0.717) is 0 Å². The lowest BCUT2D eigenvalue weighted by molar-refractivity contribution is 0.167. The summed E-state index contributed by atoms with van der Waals surface area (Å²) in [4.78, 5) is 0. The van der Waals surface area contributed by atoms with E-state index in [1.54, 1.807) is 0 Å². The number of benzene rings is 1. The lowest BCUT2D eigenvalue weighted by Crippen LogP contribution is -2.49. The van der Waals surface area contributed by atoms with Gasteiger partial charge in [0.2, 0.25) is 0 Å². The van der Waals surface area contributed by atoms with Crippen molar-refractivity contribution in [1.29, 1.82) is 0 Å². The standard InChI is InChI=1S/C17H24ClN/c18-16-9-7-15(8-10-16)17(11-4-12-17)19-13-14-5-2-1-3-6-14/h7-10,14,19H,1-6,11-13H2. The van der Waals surface area contributed by atoms with Gasteiger partial charge >= 0.3 is 0 Å². The Kier molecular flexibility index (Phi) is 4.14. The highest BCUT2D eigenvalue weighted by Gasteiger charge is 2.38. The third-order valence-electron chi connectivity index (χ3n) is 5.06. The molecule has 2 saturated carbocycles. The molecule has 0 saturated heterocycles. The molecule has 0 unspecified atom stereocenters. The van der Waals surface area contributed by atoms with E-state index in [-0.39, 0.29) is 5.54 Å². The number of halogens is 1. The first-order chi connectivity index (χ1) is 9.28. The third kappa shape index (κ3) is 2.98. The fourth-order valence-corrected chi connectivity index (χ4v) is 3.72. The molecule has 0 radical (unpaired) electrons. The van der Waals surface area contributed by atoms with E-state index < -0.39 is 0 Å². The number of nitrogens with one attached hydrogen (secondary N) is 1. The second-order valence-corrected chi connectivity index (χ2v) is 6.76. The van der Waals surface area contributed by atoms with Gasteiger partial charge in [0.05, 0.1) is 0 Å². The lowest BCUT2D eigenvalue weighted by Gasteiger charge is -2.44. The Labute approximate surface area is 121 Å². The Balaban J connectivity index is 1.64. The van der Waals surface area contributed by atoms with Gasteiger partial charge in [-0.15, -0.1) is 0 Å². The van der Waals surface area contributed by atoms with E-state index in [1.165, 1.54) is 63.5 Å². The molecule has 2 aliphatic rings. The van der Waals surface area contributed by atoms with Crippen LogP contribution in [0.3, 0.4) is 0 Å². The highest BCUT2D eigenvalue weighted by molar-refractivity contribution is 6.30.